The van der Waals surface area contributed by atoms with Crippen LogP contribution in [0.2, 0.25) is 0 Å². The normalized spacial score (nSPS) is 14.3. The SMILES string of the molecule is CCC(C)(CO)C(=O)OCCC#N. The summed E-state index contributed by atoms with van der Waals surface area (Å²) in [5.41, 5.74) is -0.824. The van der Waals surface area contributed by atoms with Crippen LogP contribution in [0.3, 0.4) is 0 Å². The van der Waals surface area contributed by atoms with Gasteiger partial charge in [-0.25, -0.2) is 0 Å². The van der Waals surface area contributed by atoms with E-state index in [1.165, 1.54) is 0 Å². The number of carbonyl (C=O) groups excluding carboxylic acids is 1. The van der Waals surface area contributed by atoms with E-state index in [0.29, 0.717) is 6.42 Å². The van der Waals surface area contributed by atoms with E-state index in [2.05, 4.69) is 0 Å². The summed E-state index contributed by atoms with van der Waals surface area (Å²) in [4.78, 5) is 11.3. The Morgan fingerprint density at radius 1 is 1.69 bits per heavy atom. The van der Waals surface area contributed by atoms with Gasteiger partial charge in [-0.1, -0.05) is 6.92 Å². The average Bonchev–Trinajstić information content (AvgIpc) is 2.17. The fourth-order valence-corrected chi connectivity index (χ4v) is 0.684. The van der Waals surface area contributed by atoms with Gasteiger partial charge in [0.1, 0.15) is 6.61 Å². The van der Waals surface area contributed by atoms with E-state index in [0.717, 1.165) is 0 Å². The highest BCUT2D eigenvalue weighted by Crippen LogP contribution is 2.21. The molecule has 4 nitrogen and oxygen atoms in total. The maximum Gasteiger partial charge on any atom is 0.314 e. The number of hydrogen-bond acceptors (Lipinski definition) is 4. The first-order valence-corrected chi connectivity index (χ1v) is 4.25. The molecule has 13 heavy (non-hydrogen) atoms. The molecule has 0 heterocycles. The van der Waals surface area contributed by atoms with Crippen LogP contribution in [0, 0.1) is 16.7 Å². The second kappa shape index (κ2) is 5.55. The molecule has 0 aromatic rings. The molecule has 0 saturated carbocycles. The zero-order valence-electron chi connectivity index (χ0n) is 8.04. The second-order valence-electron chi connectivity index (χ2n) is 3.12. The smallest absolute Gasteiger partial charge is 0.314 e. The van der Waals surface area contributed by atoms with Gasteiger partial charge in [0.2, 0.25) is 0 Å². The van der Waals surface area contributed by atoms with E-state index in [1.54, 1.807) is 6.92 Å². The number of aliphatic hydroxyl groups excluding tert-OH is 1. The topological polar surface area (TPSA) is 70.3 Å². The van der Waals surface area contributed by atoms with Gasteiger partial charge in [0.15, 0.2) is 0 Å². The lowest BCUT2D eigenvalue weighted by molar-refractivity contribution is -0.157. The number of hydrogen-bond donors (Lipinski definition) is 1. The number of nitrogens with zero attached hydrogens (tertiary/aromatic N) is 1. The number of ether oxygens (including phenoxy) is 1. The van der Waals surface area contributed by atoms with Gasteiger partial charge in [-0.05, 0) is 13.3 Å². The van der Waals surface area contributed by atoms with Crippen molar-refractivity contribution in [1.82, 2.24) is 0 Å². The summed E-state index contributed by atoms with van der Waals surface area (Å²) in [6, 6.07) is 1.87. The van der Waals surface area contributed by atoms with Crippen molar-refractivity contribution >= 4 is 5.97 Å². The molecule has 0 aliphatic rings. The molecule has 74 valence electrons. The molecule has 4 heteroatoms. The summed E-state index contributed by atoms with van der Waals surface area (Å²) in [5, 5.41) is 17.2. The van der Waals surface area contributed by atoms with Crippen molar-refractivity contribution in [1.29, 1.82) is 5.26 Å². The minimum absolute atomic E-state index is 0.102. The molecule has 0 amide bonds. The Balaban J connectivity index is 4.01. The molecule has 0 aromatic carbocycles. The molecule has 0 aliphatic heterocycles. The Hall–Kier alpha value is -1.08. The van der Waals surface area contributed by atoms with Gasteiger partial charge < -0.3 is 9.84 Å². The monoisotopic (exact) mass is 185 g/mol. The highest BCUT2D eigenvalue weighted by molar-refractivity contribution is 5.76. The van der Waals surface area contributed by atoms with Gasteiger partial charge in [-0.15, -0.1) is 0 Å². The zero-order valence-corrected chi connectivity index (χ0v) is 8.04. The third-order valence-electron chi connectivity index (χ3n) is 2.07. The molecule has 0 bridgehead atoms. The van der Waals surface area contributed by atoms with Crippen molar-refractivity contribution in [3.63, 3.8) is 0 Å². The van der Waals surface area contributed by atoms with Gasteiger partial charge in [0.25, 0.3) is 0 Å². The van der Waals surface area contributed by atoms with E-state index in [-0.39, 0.29) is 19.6 Å². The minimum atomic E-state index is -0.824. The predicted octanol–water partition coefficient (Wildman–Crippen LogP) is 0.852. The minimum Gasteiger partial charge on any atom is -0.464 e. The van der Waals surface area contributed by atoms with Crippen LogP contribution in [-0.4, -0.2) is 24.3 Å². The average molecular weight is 185 g/mol. The molecular formula is C9H15NO3. The van der Waals surface area contributed by atoms with Gasteiger partial charge in [-0.3, -0.25) is 4.79 Å². The Kier molecular flexibility index (Phi) is 5.09. The molecule has 0 rings (SSSR count). The fourth-order valence-electron chi connectivity index (χ4n) is 0.684. The zero-order chi connectivity index (χ0) is 10.3. The van der Waals surface area contributed by atoms with Crippen LogP contribution in [0.4, 0.5) is 0 Å². The molecule has 0 radical (unpaired) electrons. The van der Waals surface area contributed by atoms with Crippen molar-refractivity contribution < 1.29 is 14.6 Å². The standard InChI is InChI=1S/C9H15NO3/c1-3-9(2,7-11)8(12)13-6-4-5-10/h11H,3-4,6-7H2,1-2H3. The number of rotatable bonds is 5. The van der Waals surface area contributed by atoms with Gasteiger partial charge in [0.05, 0.1) is 24.5 Å². The van der Waals surface area contributed by atoms with Crippen LogP contribution < -0.4 is 0 Å². The molecule has 1 atom stereocenters. The van der Waals surface area contributed by atoms with E-state index in [9.17, 15) is 4.79 Å². The second-order valence-corrected chi connectivity index (χ2v) is 3.12. The van der Waals surface area contributed by atoms with Gasteiger partial charge >= 0.3 is 5.97 Å². The van der Waals surface area contributed by atoms with Crippen LogP contribution >= 0.6 is 0 Å². The summed E-state index contributed by atoms with van der Waals surface area (Å²) in [7, 11) is 0. The third kappa shape index (κ3) is 3.43. The molecule has 0 aliphatic carbocycles. The van der Waals surface area contributed by atoms with E-state index < -0.39 is 11.4 Å². The molecule has 0 saturated heterocycles. The summed E-state index contributed by atoms with van der Waals surface area (Å²) >= 11 is 0. The number of nitriles is 1. The van der Waals surface area contributed by atoms with Crippen molar-refractivity contribution in [2.45, 2.75) is 26.7 Å². The van der Waals surface area contributed by atoms with E-state index in [4.69, 9.17) is 15.1 Å². The maximum absolute atomic E-state index is 11.3. The molecular weight excluding hydrogens is 170 g/mol. The summed E-state index contributed by atoms with van der Waals surface area (Å²) in [6.45, 7) is 3.32. The van der Waals surface area contributed by atoms with Crippen LogP contribution in [-0.2, 0) is 9.53 Å². The fraction of sp³-hybridized carbons (Fsp3) is 0.778. The lowest BCUT2D eigenvalue weighted by Crippen LogP contribution is -2.33. The molecule has 0 aromatic heterocycles. The Labute approximate surface area is 78.1 Å². The molecule has 0 spiro atoms. The molecule has 1 unspecified atom stereocenters. The first kappa shape index (κ1) is 11.9. The summed E-state index contributed by atoms with van der Waals surface area (Å²) < 4.78 is 4.81. The Bertz CT molecular complexity index is 203. The number of esters is 1. The van der Waals surface area contributed by atoms with E-state index in [1.807, 2.05) is 13.0 Å². The largest absolute Gasteiger partial charge is 0.464 e. The quantitative estimate of drug-likeness (QED) is 0.509. The Morgan fingerprint density at radius 3 is 2.69 bits per heavy atom. The number of carbonyl (C=O) groups is 1. The summed E-state index contributed by atoms with van der Waals surface area (Å²) in [5.74, 6) is -0.437. The maximum atomic E-state index is 11.3. The third-order valence-corrected chi connectivity index (χ3v) is 2.07. The molecule has 0 fully saturated rings. The highest BCUT2D eigenvalue weighted by atomic mass is 16.5. The highest BCUT2D eigenvalue weighted by Gasteiger charge is 2.31. The van der Waals surface area contributed by atoms with Gasteiger partial charge in [-0.2, -0.15) is 5.26 Å². The Morgan fingerprint density at radius 2 is 2.31 bits per heavy atom. The summed E-state index contributed by atoms with van der Waals surface area (Å²) in [6.07, 6.45) is 0.714. The van der Waals surface area contributed by atoms with Gasteiger partial charge in [0, 0.05) is 0 Å². The predicted molar refractivity (Wildman–Crippen MR) is 46.7 cm³/mol. The lowest BCUT2D eigenvalue weighted by Gasteiger charge is -2.22. The van der Waals surface area contributed by atoms with Crippen molar-refractivity contribution in [2.75, 3.05) is 13.2 Å². The first-order valence-electron chi connectivity index (χ1n) is 4.25. The van der Waals surface area contributed by atoms with E-state index >= 15 is 0 Å². The first-order chi connectivity index (χ1) is 6.10. The molecule has 1 N–H and O–H groups in total. The van der Waals surface area contributed by atoms with Crippen LogP contribution in [0.1, 0.15) is 26.7 Å². The van der Waals surface area contributed by atoms with Crippen LogP contribution in [0.5, 0.6) is 0 Å². The number of aliphatic hydroxyl groups is 1. The van der Waals surface area contributed by atoms with Crippen LogP contribution in [0.25, 0.3) is 0 Å². The van der Waals surface area contributed by atoms with Crippen molar-refractivity contribution in [3.8, 4) is 6.07 Å². The lowest BCUT2D eigenvalue weighted by atomic mass is 9.89. The van der Waals surface area contributed by atoms with Crippen molar-refractivity contribution in [2.24, 2.45) is 5.41 Å². The van der Waals surface area contributed by atoms with Crippen LogP contribution in [0.15, 0.2) is 0 Å². The van der Waals surface area contributed by atoms with Crippen molar-refractivity contribution in [3.05, 3.63) is 0 Å².